The predicted molar refractivity (Wildman–Crippen MR) is 120 cm³/mol. The van der Waals surface area contributed by atoms with E-state index in [1.54, 1.807) is 12.1 Å². The van der Waals surface area contributed by atoms with Gasteiger partial charge in [0.05, 0.1) is 18.1 Å². The molecule has 1 aromatic rings. The molecular weight excluding hydrogens is 415 g/mol. The summed E-state index contributed by atoms with van der Waals surface area (Å²) in [5.74, 6) is 1.23. The van der Waals surface area contributed by atoms with Gasteiger partial charge >= 0.3 is 12.1 Å². The number of alkyl halides is 3. The first-order chi connectivity index (χ1) is 15.3. The zero-order valence-electron chi connectivity index (χ0n) is 19.5. The molecule has 0 N–H and O–H groups in total. The van der Waals surface area contributed by atoms with E-state index in [9.17, 15) is 18.0 Å². The maximum Gasteiger partial charge on any atom is 0.416 e. The molecular formula is C26H38F3NO2. The first kappa shape index (κ1) is 25.1. The fraction of sp³-hybridized carbons (Fsp3) is 0.731. The van der Waals surface area contributed by atoms with Crippen LogP contribution < -0.4 is 0 Å². The molecule has 1 aromatic carbocycles. The number of carbonyl (C=O) groups is 1. The molecule has 2 fully saturated rings. The van der Waals surface area contributed by atoms with Gasteiger partial charge in [0.1, 0.15) is 0 Å². The van der Waals surface area contributed by atoms with Crippen molar-refractivity contribution < 1.29 is 22.7 Å². The van der Waals surface area contributed by atoms with E-state index in [0.29, 0.717) is 25.0 Å². The number of esters is 1. The minimum absolute atomic E-state index is 0.101. The third-order valence-corrected chi connectivity index (χ3v) is 7.44. The standard InChI is InChI=1S/C26H38F3NO2/c1-3-24(25(31)32-4-2)22-15-21(20-9-7-5-6-8-10-20)17-30(18-22)16-19-11-13-23(14-12-19)26(27,28)29/h11-14,20-22,24H,3-10,15-18H2,1-2H3. The SMILES string of the molecule is CCOC(=O)C(CC)C1CC(C2CCCCCC2)CN(Cc2ccc(C(F)(F)F)cc2)C1. The van der Waals surface area contributed by atoms with Gasteiger partial charge in [-0.25, -0.2) is 0 Å². The Balaban J connectivity index is 1.76. The first-order valence-corrected chi connectivity index (χ1v) is 12.4. The minimum Gasteiger partial charge on any atom is -0.466 e. The highest BCUT2D eigenvalue weighted by atomic mass is 19.4. The highest BCUT2D eigenvalue weighted by Crippen LogP contribution is 2.39. The van der Waals surface area contributed by atoms with Gasteiger partial charge in [0.15, 0.2) is 0 Å². The van der Waals surface area contributed by atoms with Crippen LogP contribution in [0.1, 0.15) is 76.3 Å². The summed E-state index contributed by atoms with van der Waals surface area (Å²) in [4.78, 5) is 15.0. The monoisotopic (exact) mass is 453 g/mol. The normalized spacial score (nSPS) is 24.7. The van der Waals surface area contributed by atoms with E-state index < -0.39 is 11.7 Å². The molecule has 0 spiro atoms. The Labute approximate surface area is 190 Å². The molecule has 32 heavy (non-hydrogen) atoms. The lowest BCUT2D eigenvalue weighted by Crippen LogP contribution is -2.46. The van der Waals surface area contributed by atoms with Crippen LogP contribution >= 0.6 is 0 Å². The van der Waals surface area contributed by atoms with Crippen LogP contribution in [0, 0.1) is 23.7 Å². The van der Waals surface area contributed by atoms with Crippen molar-refractivity contribution in [3.8, 4) is 0 Å². The van der Waals surface area contributed by atoms with Crippen LogP contribution in [-0.4, -0.2) is 30.6 Å². The van der Waals surface area contributed by atoms with Crippen LogP contribution in [0.5, 0.6) is 0 Å². The molecule has 0 aromatic heterocycles. The summed E-state index contributed by atoms with van der Waals surface area (Å²) in [7, 11) is 0. The molecule has 6 heteroatoms. The van der Waals surface area contributed by atoms with E-state index in [0.717, 1.165) is 31.5 Å². The van der Waals surface area contributed by atoms with Crippen molar-refractivity contribution in [1.29, 1.82) is 0 Å². The average Bonchev–Trinajstić information content (AvgIpc) is 3.04. The second-order valence-corrected chi connectivity index (χ2v) is 9.66. The van der Waals surface area contributed by atoms with Crippen LogP contribution in [0.3, 0.4) is 0 Å². The highest BCUT2D eigenvalue weighted by molar-refractivity contribution is 5.72. The van der Waals surface area contributed by atoms with E-state index in [2.05, 4.69) is 11.8 Å². The van der Waals surface area contributed by atoms with E-state index >= 15 is 0 Å². The Morgan fingerprint density at radius 3 is 2.25 bits per heavy atom. The summed E-state index contributed by atoms with van der Waals surface area (Å²) in [6.45, 7) is 6.66. The fourth-order valence-electron chi connectivity index (χ4n) is 5.82. The van der Waals surface area contributed by atoms with Gasteiger partial charge in [0.2, 0.25) is 0 Å². The molecule has 0 radical (unpaired) electrons. The molecule has 1 aliphatic carbocycles. The molecule has 1 saturated carbocycles. The molecule has 3 unspecified atom stereocenters. The zero-order valence-corrected chi connectivity index (χ0v) is 19.5. The van der Waals surface area contributed by atoms with Crippen LogP contribution in [0.15, 0.2) is 24.3 Å². The van der Waals surface area contributed by atoms with Crippen LogP contribution in [0.25, 0.3) is 0 Å². The molecule has 0 amide bonds. The van der Waals surface area contributed by atoms with Crippen molar-refractivity contribution in [2.45, 2.75) is 77.9 Å². The van der Waals surface area contributed by atoms with E-state index in [4.69, 9.17) is 4.74 Å². The lowest BCUT2D eigenvalue weighted by molar-refractivity contribution is -0.151. The third-order valence-electron chi connectivity index (χ3n) is 7.44. The van der Waals surface area contributed by atoms with E-state index in [1.165, 1.54) is 50.7 Å². The zero-order chi connectivity index (χ0) is 23.1. The maximum atomic E-state index is 12.9. The molecule has 1 saturated heterocycles. The number of hydrogen-bond donors (Lipinski definition) is 0. The molecule has 0 bridgehead atoms. The third kappa shape index (κ3) is 6.72. The smallest absolute Gasteiger partial charge is 0.416 e. The lowest BCUT2D eigenvalue weighted by Gasteiger charge is -2.43. The highest BCUT2D eigenvalue weighted by Gasteiger charge is 2.38. The second-order valence-electron chi connectivity index (χ2n) is 9.66. The Hall–Kier alpha value is -1.56. The number of benzene rings is 1. The summed E-state index contributed by atoms with van der Waals surface area (Å²) >= 11 is 0. The number of ether oxygens (including phenoxy) is 1. The van der Waals surface area contributed by atoms with Gasteiger partial charge in [0.25, 0.3) is 0 Å². The summed E-state index contributed by atoms with van der Waals surface area (Å²) in [6, 6.07) is 5.53. The van der Waals surface area contributed by atoms with Crippen molar-refractivity contribution in [1.82, 2.24) is 4.90 Å². The number of halogens is 3. The second kappa shape index (κ2) is 11.5. The number of likely N-dealkylation sites (tertiary alicyclic amines) is 1. The number of rotatable bonds is 7. The van der Waals surface area contributed by atoms with Crippen molar-refractivity contribution in [3.63, 3.8) is 0 Å². The summed E-state index contributed by atoms with van der Waals surface area (Å²) in [6.07, 6.45) is 5.17. The van der Waals surface area contributed by atoms with Gasteiger partial charge < -0.3 is 4.74 Å². The summed E-state index contributed by atoms with van der Waals surface area (Å²) in [5, 5.41) is 0. The van der Waals surface area contributed by atoms with Gasteiger partial charge in [0, 0.05) is 19.6 Å². The molecule has 3 nitrogen and oxygen atoms in total. The Bertz CT molecular complexity index is 711. The van der Waals surface area contributed by atoms with Crippen molar-refractivity contribution in [2.75, 3.05) is 19.7 Å². The van der Waals surface area contributed by atoms with Gasteiger partial charge in [-0.15, -0.1) is 0 Å². The van der Waals surface area contributed by atoms with Crippen LogP contribution in [0.4, 0.5) is 13.2 Å². The average molecular weight is 454 g/mol. The quantitative estimate of drug-likeness (QED) is 0.340. The number of piperidine rings is 1. The topological polar surface area (TPSA) is 29.5 Å². The molecule has 1 heterocycles. The molecule has 3 rings (SSSR count). The Morgan fingerprint density at radius 2 is 1.69 bits per heavy atom. The van der Waals surface area contributed by atoms with Crippen LogP contribution in [0.2, 0.25) is 0 Å². The first-order valence-electron chi connectivity index (χ1n) is 12.4. The minimum atomic E-state index is -4.31. The fourth-order valence-corrected chi connectivity index (χ4v) is 5.82. The molecule has 3 atom stereocenters. The van der Waals surface area contributed by atoms with Gasteiger partial charge in [-0.2, -0.15) is 13.2 Å². The molecule has 2 aliphatic rings. The number of nitrogens with zero attached hydrogens (tertiary/aromatic N) is 1. The summed E-state index contributed by atoms with van der Waals surface area (Å²) in [5.41, 5.74) is 0.282. The van der Waals surface area contributed by atoms with Crippen molar-refractivity contribution >= 4 is 5.97 Å². The van der Waals surface area contributed by atoms with E-state index in [-0.39, 0.29) is 17.8 Å². The predicted octanol–water partition coefficient (Wildman–Crippen LogP) is 6.70. The molecule has 180 valence electrons. The van der Waals surface area contributed by atoms with Gasteiger partial charge in [-0.1, -0.05) is 57.6 Å². The number of carbonyl (C=O) groups excluding carboxylic acids is 1. The Morgan fingerprint density at radius 1 is 1.03 bits per heavy atom. The molecule has 1 aliphatic heterocycles. The maximum absolute atomic E-state index is 12.9. The van der Waals surface area contributed by atoms with Crippen molar-refractivity contribution in [3.05, 3.63) is 35.4 Å². The van der Waals surface area contributed by atoms with Crippen LogP contribution in [-0.2, 0) is 22.3 Å². The Kier molecular flexibility index (Phi) is 9.04. The number of hydrogen-bond acceptors (Lipinski definition) is 3. The summed E-state index contributed by atoms with van der Waals surface area (Å²) < 4.78 is 44.2. The van der Waals surface area contributed by atoms with Gasteiger partial charge in [-0.3, -0.25) is 9.69 Å². The van der Waals surface area contributed by atoms with Crippen molar-refractivity contribution in [2.24, 2.45) is 23.7 Å². The lowest BCUT2D eigenvalue weighted by atomic mass is 9.73. The van der Waals surface area contributed by atoms with Gasteiger partial charge in [-0.05, 0) is 55.2 Å². The van der Waals surface area contributed by atoms with E-state index in [1.807, 2.05) is 6.92 Å². The largest absolute Gasteiger partial charge is 0.466 e.